The molecule has 0 aromatic heterocycles. The van der Waals surface area contributed by atoms with Gasteiger partial charge in [0.1, 0.15) is 11.5 Å². The summed E-state index contributed by atoms with van der Waals surface area (Å²) >= 11 is 3.31. The quantitative estimate of drug-likeness (QED) is 0.149. The molecule has 34 heavy (non-hydrogen) atoms. The molecule has 0 saturated heterocycles. The topological polar surface area (TPSA) is 120 Å². The van der Waals surface area contributed by atoms with Gasteiger partial charge in [-0.05, 0) is 73.0 Å². The molecule has 3 aromatic rings. The Hall–Kier alpha value is -4.05. The molecule has 9 nitrogen and oxygen atoms in total. The van der Waals surface area contributed by atoms with Crippen molar-refractivity contribution in [3.63, 3.8) is 0 Å². The largest absolute Gasteiger partial charge is 0.483 e. The van der Waals surface area contributed by atoms with E-state index in [1.165, 1.54) is 18.3 Å². The van der Waals surface area contributed by atoms with Gasteiger partial charge in [0.25, 0.3) is 11.6 Å². The van der Waals surface area contributed by atoms with E-state index in [0.717, 1.165) is 4.47 Å². The fraction of sp³-hybridized carbons (Fsp3) is 0.125. The van der Waals surface area contributed by atoms with Crippen LogP contribution in [0.3, 0.4) is 0 Å². The average Bonchev–Trinajstić information content (AvgIpc) is 2.79. The Bertz CT molecular complexity index is 1230. The number of non-ortho nitro benzene ring substituents is 1. The highest BCUT2D eigenvalue weighted by molar-refractivity contribution is 9.10. The van der Waals surface area contributed by atoms with E-state index in [0.29, 0.717) is 33.8 Å². The highest BCUT2D eigenvalue weighted by Gasteiger charge is 2.14. The molecule has 0 bridgehead atoms. The number of carbonyl (C=O) groups excluding carboxylic acids is 2. The normalized spacial score (nSPS) is 10.7. The summed E-state index contributed by atoms with van der Waals surface area (Å²) in [5.41, 5.74) is 4.52. The van der Waals surface area contributed by atoms with E-state index in [4.69, 9.17) is 9.47 Å². The second-order valence-electron chi connectivity index (χ2n) is 7.22. The summed E-state index contributed by atoms with van der Waals surface area (Å²) in [6.07, 6.45) is 1.43. The third-order valence-corrected chi connectivity index (χ3v) is 5.05. The smallest absolute Gasteiger partial charge is 0.343 e. The molecule has 0 heterocycles. The predicted molar refractivity (Wildman–Crippen MR) is 129 cm³/mol. The van der Waals surface area contributed by atoms with Gasteiger partial charge in [-0.25, -0.2) is 10.2 Å². The Morgan fingerprint density at radius 3 is 2.38 bits per heavy atom. The van der Waals surface area contributed by atoms with Gasteiger partial charge in [-0.3, -0.25) is 14.9 Å². The Morgan fingerprint density at radius 1 is 1.09 bits per heavy atom. The van der Waals surface area contributed by atoms with Gasteiger partial charge in [-0.1, -0.05) is 22.0 Å². The van der Waals surface area contributed by atoms with Crippen LogP contribution in [0.5, 0.6) is 11.5 Å². The zero-order chi connectivity index (χ0) is 24.7. The molecule has 0 aliphatic carbocycles. The van der Waals surface area contributed by atoms with Gasteiger partial charge in [0.15, 0.2) is 6.61 Å². The van der Waals surface area contributed by atoms with Crippen molar-refractivity contribution in [2.45, 2.75) is 13.8 Å². The number of hydrazone groups is 1. The Balaban J connectivity index is 1.50. The monoisotopic (exact) mass is 525 g/mol. The number of nitro groups is 1. The van der Waals surface area contributed by atoms with Crippen molar-refractivity contribution in [1.29, 1.82) is 0 Å². The number of nitro benzene ring substituents is 1. The number of hydrogen-bond donors (Lipinski definition) is 1. The van der Waals surface area contributed by atoms with Crippen LogP contribution in [0.2, 0.25) is 0 Å². The lowest BCUT2D eigenvalue weighted by molar-refractivity contribution is -0.385. The van der Waals surface area contributed by atoms with Crippen molar-refractivity contribution in [2.75, 3.05) is 6.61 Å². The van der Waals surface area contributed by atoms with E-state index >= 15 is 0 Å². The average molecular weight is 526 g/mol. The minimum absolute atomic E-state index is 0.0367. The number of benzene rings is 3. The van der Waals surface area contributed by atoms with E-state index in [2.05, 4.69) is 26.5 Å². The summed E-state index contributed by atoms with van der Waals surface area (Å²) in [4.78, 5) is 34.6. The number of nitrogens with one attached hydrogen (secondary N) is 1. The molecule has 0 radical (unpaired) electrons. The maximum atomic E-state index is 12.2. The molecule has 1 amide bonds. The molecule has 174 valence electrons. The second-order valence-corrected chi connectivity index (χ2v) is 8.13. The van der Waals surface area contributed by atoms with Crippen LogP contribution in [-0.4, -0.2) is 29.6 Å². The van der Waals surface area contributed by atoms with Crippen LogP contribution in [0.4, 0.5) is 5.69 Å². The van der Waals surface area contributed by atoms with Crippen LogP contribution in [-0.2, 0) is 4.79 Å². The third kappa shape index (κ3) is 6.72. The first kappa shape index (κ1) is 24.6. The molecule has 3 rings (SSSR count). The molecule has 0 aliphatic heterocycles. The number of nitrogens with zero attached hydrogens (tertiary/aromatic N) is 2. The first-order chi connectivity index (χ1) is 16.2. The number of hydrogen-bond acceptors (Lipinski definition) is 7. The Kier molecular flexibility index (Phi) is 8.10. The van der Waals surface area contributed by atoms with Gasteiger partial charge in [-0.15, -0.1) is 0 Å². The van der Waals surface area contributed by atoms with Crippen molar-refractivity contribution in [3.8, 4) is 11.5 Å². The van der Waals surface area contributed by atoms with E-state index in [1.807, 2.05) is 6.07 Å². The molecule has 0 aliphatic rings. The molecule has 10 heteroatoms. The van der Waals surface area contributed by atoms with Crippen molar-refractivity contribution < 1.29 is 24.0 Å². The maximum Gasteiger partial charge on any atom is 0.343 e. The fourth-order valence-corrected chi connectivity index (χ4v) is 3.41. The minimum Gasteiger partial charge on any atom is -0.483 e. The van der Waals surface area contributed by atoms with Crippen molar-refractivity contribution in [1.82, 2.24) is 5.43 Å². The molecular weight excluding hydrogens is 506 g/mol. The SMILES string of the molecule is Cc1cc([N+](=O)[O-])cc(C)c1OCC(=O)NN=Cc1ccc(OC(=O)c2cccc(Br)c2)cc1. The lowest BCUT2D eigenvalue weighted by Crippen LogP contribution is -2.25. The van der Waals surface area contributed by atoms with Crippen LogP contribution < -0.4 is 14.9 Å². The number of amides is 1. The summed E-state index contributed by atoms with van der Waals surface area (Å²) in [5.74, 6) is -0.187. The summed E-state index contributed by atoms with van der Waals surface area (Å²) in [5, 5.41) is 14.8. The molecule has 0 fully saturated rings. The Labute approximate surface area is 203 Å². The van der Waals surface area contributed by atoms with E-state index in [-0.39, 0.29) is 12.3 Å². The molecule has 0 atom stereocenters. The van der Waals surface area contributed by atoms with Gasteiger partial charge >= 0.3 is 5.97 Å². The maximum absolute atomic E-state index is 12.2. The molecule has 0 unspecified atom stereocenters. The van der Waals surface area contributed by atoms with Crippen molar-refractivity contribution >= 4 is 39.7 Å². The first-order valence-corrected chi connectivity index (χ1v) is 10.8. The number of rotatable bonds is 8. The zero-order valence-corrected chi connectivity index (χ0v) is 19.9. The van der Waals surface area contributed by atoms with E-state index < -0.39 is 16.8 Å². The molecular formula is C24H20BrN3O6. The van der Waals surface area contributed by atoms with Crippen molar-refractivity contribution in [3.05, 3.63) is 97.5 Å². The number of ether oxygens (including phenoxy) is 2. The highest BCUT2D eigenvalue weighted by Crippen LogP contribution is 2.28. The molecule has 0 saturated carbocycles. The number of halogens is 1. The van der Waals surface area contributed by atoms with Gasteiger partial charge < -0.3 is 9.47 Å². The standard InChI is InChI=1S/C24H20BrN3O6/c1-15-10-20(28(31)32)11-16(2)23(15)33-14-22(29)27-26-13-17-6-8-21(9-7-17)34-24(30)18-4-3-5-19(25)12-18/h3-13H,14H2,1-2H3,(H,27,29). The third-order valence-electron chi connectivity index (χ3n) is 4.56. The number of esters is 1. The first-order valence-electron chi connectivity index (χ1n) is 10.0. The lowest BCUT2D eigenvalue weighted by Gasteiger charge is -2.11. The Morgan fingerprint density at radius 2 is 1.76 bits per heavy atom. The molecule has 3 aromatic carbocycles. The van der Waals surface area contributed by atoms with E-state index in [9.17, 15) is 19.7 Å². The zero-order valence-electron chi connectivity index (χ0n) is 18.3. The van der Waals surface area contributed by atoms with Crippen molar-refractivity contribution in [2.24, 2.45) is 5.10 Å². The van der Waals surface area contributed by atoms with Gasteiger partial charge in [0.2, 0.25) is 0 Å². The van der Waals surface area contributed by atoms with Crippen LogP contribution in [0.15, 0.2) is 70.2 Å². The van der Waals surface area contributed by atoms with Crippen LogP contribution >= 0.6 is 15.9 Å². The lowest BCUT2D eigenvalue weighted by atomic mass is 10.1. The van der Waals surface area contributed by atoms with E-state index in [1.54, 1.807) is 56.3 Å². The van der Waals surface area contributed by atoms with Gasteiger partial charge in [0, 0.05) is 16.6 Å². The van der Waals surface area contributed by atoms with Crippen LogP contribution in [0, 0.1) is 24.0 Å². The summed E-state index contributed by atoms with van der Waals surface area (Å²) in [6, 6.07) is 16.2. The number of carbonyl (C=O) groups is 2. The van der Waals surface area contributed by atoms with Gasteiger partial charge in [0.05, 0.1) is 16.7 Å². The summed E-state index contributed by atoms with van der Waals surface area (Å²) < 4.78 is 11.6. The van der Waals surface area contributed by atoms with Gasteiger partial charge in [-0.2, -0.15) is 5.10 Å². The highest BCUT2D eigenvalue weighted by atomic mass is 79.9. The second kappa shape index (κ2) is 11.2. The van der Waals surface area contributed by atoms with Crippen LogP contribution in [0.1, 0.15) is 27.0 Å². The minimum atomic E-state index is -0.493. The summed E-state index contributed by atoms with van der Waals surface area (Å²) in [7, 11) is 0. The van der Waals surface area contributed by atoms with Crippen LogP contribution in [0.25, 0.3) is 0 Å². The predicted octanol–water partition coefficient (Wildman–Crippen LogP) is 4.72. The number of aryl methyl sites for hydroxylation is 2. The summed E-state index contributed by atoms with van der Waals surface area (Å²) in [6.45, 7) is 3.04. The fourth-order valence-electron chi connectivity index (χ4n) is 3.01. The molecule has 1 N–H and O–H groups in total. The molecule has 0 spiro atoms.